The molecule has 0 spiro atoms. The van der Waals surface area contributed by atoms with Crippen LogP contribution in [0.25, 0.3) is 33.5 Å². The Kier molecular flexibility index (Phi) is 8.07. The highest BCUT2D eigenvalue weighted by atomic mass is 16.5. The lowest BCUT2D eigenvalue weighted by molar-refractivity contribution is -0.0365. The molecule has 242 valence electrons. The summed E-state index contributed by atoms with van der Waals surface area (Å²) in [6.07, 6.45) is 4.66. The highest BCUT2D eigenvalue weighted by Crippen LogP contribution is 2.41. The number of fused-ring (bicyclic) bond motifs is 1. The van der Waals surface area contributed by atoms with Gasteiger partial charge in [-0.15, -0.1) is 5.10 Å². The lowest BCUT2D eigenvalue weighted by atomic mass is 9.77. The maximum Gasteiger partial charge on any atom is 0.337 e. The average molecular weight is 646 g/mol. The van der Waals surface area contributed by atoms with Gasteiger partial charge in [0.05, 0.1) is 18.2 Å². The number of benzene rings is 5. The van der Waals surface area contributed by atoms with E-state index in [1.54, 1.807) is 6.07 Å². The van der Waals surface area contributed by atoms with Crippen LogP contribution in [0.2, 0.25) is 0 Å². The number of carbonyl (C=O) groups is 1. The number of rotatable bonds is 8. The largest absolute Gasteiger partial charge is 0.465 e. The van der Waals surface area contributed by atoms with Crippen molar-refractivity contribution < 1.29 is 14.3 Å². The zero-order valence-corrected chi connectivity index (χ0v) is 27.1. The third-order valence-electron chi connectivity index (χ3n) is 9.36. The van der Waals surface area contributed by atoms with Crippen LogP contribution in [0, 0.1) is 0 Å². The molecule has 2 aromatic heterocycles. The van der Waals surface area contributed by atoms with Crippen molar-refractivity contribution in [3.63, 3.8) is 0 Å². The number of aromatic nitrogens is 5. The summed E-state index contributed by atoms with van der Waals surface area (Å²) in [7, 11) is 1.39. The van der Waals surface area contributed by atoms with Crippen molar-refractivity contribution in [1.82, 2.24) is 24.5 Å². The molecule has 0 bridgehead atoms. The van der Waals surface area contributed by atoms with E-state index in [-0.39, 0.29) is 6.23 Å². The van der Waals surface area contributed by atoms with Gasteiger partial charge in [0.15, 0.2) is 12.1 Å². The maximum absolute atomic E-state index is 12.5. The van der Waals surface area contributed by atoms with Gasteiger partial charge in [-0.3, -0.25) is 0 Å². The molecule has 0 saturated carbocycles. The average Bonchev–Trinajstić information content (AvgIpc) is 3.83. The van der Waals surface area contributed by atoms with Crippen LogP contribution in [-0.2, 0) is 15.0 Å². The quantitative estimate of drug-likeness (QED) is 0.122. The van der Waals surface area contributed by atoms with E-state index in [2.05, 4.69) is 84.9 Å². The molecule has 1 saturated heterocycles. The van der Waals surface area contributed by atoms with Gasteiger partial charge in [-0.05, 0) is 66.3 Å². The summed E-state index contributed by atoms with van der Waals surface area (Å²) in [5.74, 6) is 0.195. The Morgan fingerprint density at radius 3 is 2.04 bits per heavy atom. The molecule has 49 heavy (non-hydrogen) atoms. The normalized spacial score (nSPS) is 14.9. The van der Waals surface area contributed by atoms with E-state index in [1.165, 1.54) is 7.11 Å². The van der Waals surface area contributed by atoms with Crippen molar-refractivity contribution in [3.8, 4) is 22.6 Å². The Labute approximate surface area is 284 Å². The van der Waals surface area contributed by atoms with Crippen LogP contribution in [0.1, 0.15) is 52.5 Å². The van der Waals surface area contributed by atoms with E-state index in [4.69, 9.17) is 24.7 Å². The molecule has 8 heteroatoms. The van der Waals surface area contributed by atoms with E-state index in [1.807, 2.05) is 58.2 Å². The molecule has 7 aromatic rings. The minimum absolute atomic E-state index is 0.166. The minimum Gasteiger partial charge on any atom is -0.465 e. The van der Waals surface area contributed by atoms with Gasteiger partial charge in [-0.2, -0.15) is 5.10 Å². The van der Waals surface area contributed by atoms with Gasteiger partial charge >= 0.3 is 5.97 Å². The first-order chi connectivity index (χ1) is 24.2. The second-order valence-corrected chi connectivity index (χ2v) is 12.2. The number of hydrogen-bond acceptors (Lipinski definition) is 6. The molecule has 8 rings (SSSR count). The summed E-state index contributed by atoms with van der Waals surface area (Å²) in [6, 6.07) is 44.9. The molecule has 1 atom stereocenters. The van der Waals surface area contributed by atoms with Crippen molar-refractivity contribution in [1.29, 1.82) is 0 Å². The molecule has 3 heterocycles. The molecule has 1 aliphatic heterocycles. The van der Waals surface area contributed by atoms with Crippen molar-refractivity contribution in [2.75, 3.05) is 13.7 Å². The second-order valence-electron chi connectivity index (χ2n) is 12.2. The number of esters is 1. The van der Waals surface area contributed by atoms with Crippen LogP contribution in [0.4, 0.5) is 0 Å². The first-order valence-corrected chi connectivity index (χ1v) is 16.6. The van der Waals surface area contributed by atoms with Crippen LogP contribution in [-0.4, -0.2) is 44.2 Å². The van der Waals surface area contributed by atoms with E-state index in [0.717, 1.165) is 63.7 Å². The summed E-state index contributed by atoms with van der Waals surface area (Å²) >= 11 is 0. The van der Waals surface area contributed by atoms with Crippen molar-refractivity contribution >= 4 is 16.9 Å². The van der Waals surface area contributed by atoms with E-state index < -0.39 is 11.5 Å². The van der Waals surface area contributed by atoms with Gasteiger partial charge in [-0.25, -0.2) is 19.1 Å². The molecule has 1 unspecified atom stereocenters. The van der Waals surface area contributed by atoms with Gasteiger partial charge < -0.3 is 9.47 Å². The van der Waals surface area contributed by atoms with Crippen LogP contribution in [0.5, 0.6) is 0 Å². The lowest BCUT2D eigenvalue weighted by Crippen LogP contribution is -2.38. The summed E-state index contributed by atoms with van der Waals surface area (Å²) < 4.78 is 15.2. The predicted molar refractivity (Wildman–Crippen MR) is 189 cm³/mol. The molecule has 0 aliphatic carbocycles. The van der Waals surface area contributed by atoms with Gasteiger partial charge in [0, 0.05) is 23.1 Å². The maximum atomic E-state index is 12.5. The first kappa shape index (κ1) is 30.5. The van der Waals surface area contributed by atoms with Crippen LogP contribution in [0.15, 0.2) is 140 Å². The van der Waals surface area contributed by atoms with Crippen molar-refractivity contribution in [2.24, 2.45) is 0 Å². The molecule has 5 aromatic carbocycles. The van der Waals surface area contributed by atoms with Gasteiger partial charge in [-0.1, -0.05) is 103 Å². The fraction of sp³-hybridized carbons (Fsp3) is 0.171. The standard InChI is InChI=1S/C41H35N5O3/c1-48-40(47)31-15-13-14-29(26-31)38-35-27-30(23-24-36(35)46(43-38)37-22-11-12-25-49-37)39-42-28-45(44-39)41(32-16-5-2-6-17-32,33-18-7-3-8-19-33)34-20-9-4-10-21-34/h2-10,13-21,23-24,26-28,37H,11-12,22,25H2,1H3. The molecule has 0 radical (unpaired) electrons. The third-order valence-corrected chi connectivity index (χ3v) is 9.36. The van der Waals surface area contributed by atoms with E-state index >= 15 is 0 Å². The monoisotopic (exact) mass is 645 g/mol. The lowest BCUT2D eigenvalue weighted by Gasteiger charge is -2.35. The highest BCUT2D eigenvalue weighted by molar-refractivity contribution is 5.97. The minimum atomic E-state index is -0.776. The van der Waals surface area contributed by atoms with Crippen molar-refractivity contribution in [2.45, 2.75) is 31.0 Å². The smallest absolute Gasteiger partial charge is 0.337 e. The van der Waals surface area contributed by atoms with Crippen LogP contribution < -0.4 is 0 Å². The fourth-order valence-electron chi connectivity index (χ4n) is 7.03. The Hall–Kier alpha value is -5.86. The molecule has 8 nitrogen and oxygen atoms in total. The molecule has 0 amide bonds. The Balaban J connectivity index is 1.30. The SMILES string of the molecule is COC(=O)c1cccc(-c2nn(C3CCCCO3)c3ccc(-c4ncn(C(c5ccccc5)(c5ccccc5)c5ccccc5)n4)cc23)c1. The zero-order valence-electron chi connectivity index (χ0n) is 27.1. The number of carbonyl (C=O) groups excluding carboxylic acids is 1. The Morgan fingerprint density at radius 1 is 0.755 bits per heavy atom. The topological polar surface area (TPSA) is 84.1 Å². The zero-order chi connectivity index (χ0) is 33.2. The second kappa shape index (κ2) is 13.0. The third kappa shape index (κ3) is 5.40. The number of ether oxygens (including phenoxy) is 2. The first-order valence-electron chi connectivity index (χ1n) is 16.6. The molecule has 1 aliphatic rings. The predicted octanol–water partition coefficient (Wildman–Crippen LogP) is 8.29. The summed E-state index contributed by atoms with van der Waals surface area (Å²) in [4.78, 5) is 17.4. The van der Waals surface area contributed by atoms with Gasteiger partial charge in [0.2, 0.25) is 0 Å². The van der Waals surface area contributed by atoms with Gasteiger partial charge in [0.25, 0.3) is 0 Å². The number of methoxy groups -OCH3 is 1. The van der Waals surface area contributed by atoms with E-state index in [9.17, 15) is 4.79 Å². The highest BCUT2D eigenvalue weighted by Gasteiger charge is 2.39. The Morgan fingerprint density at radius 2 is 1.43 bits per heavy atom. The van der Waals surface area contributed by atoms with Crippen LogP contribution >= 0.6 is 0 Å². The summed E-state index contributed by atoms with van der Waals surface area (Å²) in [6.45, 7) is 0.699. The number of nitrogens with zero attached hydrogens (tertiary/aromatic N) is 5. The van der Waals surface area contributed by atoms with Gasteiger partial charge in [0.1, 0.15) is 17.6 Å². The molecular formula is C41H35N5O3. The number of hydrogen-bond donors (Lipinski definition) is 0. The molecule has 1 fully saturated rings. The molecular weight excluding hydrogens is 610 g/mol. The Bertz CT molecular complexity index is 2130. The van der Waals surface area contributed by atoms with Crippen molar-refractivity contribution in [3.05, 3.63) is 162 Å². The summed E-state index contributed by atoms with van der Waals surface area (Å²) in [5.41, 5.74) is 6.26. The summed E-state index contributed by atoms with van der Waals surface area (Å²) in [5, 5.41) is 11.3. The van der Waals surface area contributed by atoms with Crippen LogP contribution in [0.3, 0.4) is 0 Å². The molecule has 0 N–H and O–H groups in total. The van der Waals surface area contributed by atoms with E-state index in [0.29, 0.717) is 18.0 Å². The fourth-order valence-corrected chi connectivity index (χ4v) is 7.03.